The molecule has 0 spiro atoms. The van der Waals surface area contributed by atoms with E-state index in [0.717, 1.165) is 22.6 Å². The second-order valence-electron chi connectivity index (χ2n) is 7.25. The lowest BCUT2D eigenvalue weighted by atomic mass is 10.1. The number of carbonyl (C=O) groups is 1. The maximum atomic E-state index is 12.6. The molecule has 2 aromatic heterocycles. The summed E-state index contributed by atoms with van der Waals surface area (Å²) in [4.78, 5) is 12.6. The quantitative estimate of drug-likeness (QED) is 0.449. The molecule has 0 aliphatic rings. The molecule has 4 rings (SSSR count). The summed E-state index contributed by atoms with van der Waals surface area (Å²) in [7, 11) is 0. The number of aryl methyl sites for hydroxylation is 1. The van der Waals surface area contributed by atoms with Crippen LogP contribution in [-0.2, 0) is 6.61 Å². The van der Waals surface area contributed by atoms with Crippen molar-refractivity contribution in [2.24, 2.45) is 0 Å². The number of nitrogens with one attached hydrogen (secondary N) is 1. The Labute approximate surface area is 175 Å². The number of hydrogen-bond acceptors (Lipinski definition) is 3. The number of aromatic nitrogens is 1. The van der Waals surface area contributed by atoms with E-state index in [9.17, 15) is 4.79 Å². The zero-order valence-electron chi connectivity index (χ0n) is 17.0. The predicted octanol–water partition coefficient (Wildman–Crippen LogP) is 5.45. The number of furan rings is 1. The molecule has 2 aromatic carbocycles. The number of ether oxygens (including phenoxy) is 1. The van der Waals surface area contributed by atoms with Gasteiger partial charge < -0.3 is 19.0 Å². The van der Waals surface area contributed by atoms with E-state index in [1.807, 2.05) is 85.4 Å². The van der Waals surface area contributed by atoms with Crippen LogP contribution in [0.1, 0.15) is 40.4 Å². The van der Waals surface area contributed by atoms with E-state index < -0.39 is 0 Å². The van der Waals surface area contributed by atoms with E-state index in [2.05, 4.69) is 11.4 Å². The average molecular weight is 400 g/mol. The third-order valence-corrected chi connectivity index (χ3v) is 4.88. The standard InChI is InChI=1S/C25H24N2O3/c1-18-7-5-10-22(15-18)29-17-23-11-12-24(30-23)25(28)26-19(2)20-8-6-9-21(16-20)27-13-3-4-14-27/h3-16,19H,17H2,1-2H3,(H,26,28). The summed E-state index contributed by atoms with van der Waals surface area (Å²) in [6.07, 6.45) is 3.98. The second kappa shape index (κ2) is 8.74. The number of benzene rings is 2. The van der Waals surface area contributed by atoms with E-state index in [1.54, 1.807) is 12.1 Å². The molecule has 0 saturated carbocycles. The Hall–Kier alpha value is -3.73. The Morgan fingerprint density at radius 2 is 1.83 bits per heavy atom. The molecule has 0 fully saturated rings. The molecule has 1 N–H and O–H groups in total. The second-order valence-corrected chi connectivity index (χ2v) is 7.25. The minimum atomic E-state index is -0.254. The van der Waals surface area contributed by atoms with Crippen molar-refractivity contribution in [1.29, 1.82) is 0 Å². The van der Waals surface area contributed by atoms with Gasteiger partial charge in [0.05, 0.1) is 6.04 Å². The summed E-state index contributed by atoms with van der Waals surface area (Å²) < 4.78 is 13.4. The number of amides is 1. The van der Waals surface area contributed by atoms with Crippen molar-refractivity contribution < 1.29 is 13.9 Å². The van der Waals surface area contributed by atoms with Gasteiger partial charge >= 0.3 is 0 Å². The molecule has 5 nitrogen and oxygen atoms in total. The minimum Gasteiger partial charge on any atom is -0.486 e. The first kappa shape index (κ1) is 19.6. The summed E-state index contributed by atoms with van der Waals surface area (Å²) in [5, 5.41) is 3.00. The Morgan fingerprint density at radius 1 is 1.03 bits per heavy atom. The number of rotatable bonds is 7. The average Bonchev–Trinajstić information content (AvgIpc) is 3.45. The third kappa shape index (κ3) is 4.63. The SMILES string of the molecule is Cc1cccc(OCc2ccc(C(=O)NC(C)c3cccc(-n4cccc4)c3)o2)c1. The van der Waals surface area contributed by atoms with Gasteiger partial charge in [0.25, 0.3) is 5.91 Å². The Morgan fingerprint density at radius 3 is 2.63 bits per heavy atom. The highest BCUT2D eigenvalue weighted by Crippen LogP contribution is 2.19. The Balaban J connectivity index is 1.38. The van der Waals surface area contributed by atoms with E-state index in [4.69, 9.17) is 9.15 Å². The number of hydrogen-bond donors (Lipinski definition) is 1. The minimum absolute atomic E-state index is 0.162. The zero-order valence-corrected chi connectivity index (χ0v) is 17.0. The fourth-order valence-electron chi connectivity index (χ4n) is 3.25. The molecule has 0 saturated heterocycles. The van der Waals surface area contributed by atoms with Gasteiger partial charge in [0.1, 0.15) is 18.1 Å². The molecule has 5 heteroatoms. The van der Waals surface area contributed by atoms with Gasteiger partial charge in [-0.25, -0.2) is 0 Å². The van der Waals surface area contributed by atoms with Crippen LogP contribution in [0.15, 0.2) is 89.6 Å². The highest BCUT2D eigenvalue weighted by atomic mass is 16.5. The molecule has 30 heavy (non-hydrogen) atoms. The summed E-state index contributed by atoms with van der Waals surface area (Å²) in [5.74, 6) is 1.39. The molecule has 2 heterocycles. The Kier molecular flexibility index (Phi) is 5.70. The molecular weight excluding hydrogens is 376 g/mol. The number of carbonyl (C=O) groups excluding carboxylic acids is 1. The van der Waals surface area contributed by atoms with Crippen LogP contribution in [-0.4, -0.2) is 10.5 Å². The van der Waals surface area contributed by atoms with Crippen LogP contribution in [0.2, 0.25) is 0 Å². The monoisotopic (exact) mass is 400 g/mol. The van der Waals surface area contributed by atoms with E-state index >= 15 is 0 Å². The smallest absolute Gasteiger partial charge is 0.287 e. The lowest BCUT2D eigenvalue weighted by molar-refractivity contribution is 0.0907. The third-order valence-electron chi connectivity index (χ3n) is 4.88. The maximum absolute atomic E-state index is 12.6. The highest BCUT2D eigenvalue weighted by Gasteiger charge is 2.16. The van der Waals surface area contributed by atoms with E-state index in [-0.39, 0.29) is 24.3 Å². The van der Waals surface area contributed by atoms with Gasteiger partial charge in [0.2, 0.25) is 0 Å². The molecule has 0 radical (unpaired) electrons. The van der Waals surface area contributed by atoms with Gasteiger partial charge in [0, 0.05) is 18.1 Å². The predicted molar refractivity (Wildman–Crippen MR) is 116 cm³/mol. The van der Waals surface area contributed by atoms with Crippen LogP contribution < -0.4 is 10.1 Å². The van der Waals surface area contributed by atoms with Gasteiger partial charge in [-0.05, 0) is 73.5 Å². The molecule has 0 bridgehead atoms. The van der Waals surface area contributed by atoms with Crippen molar-refractivity contribution in [3.05, 3.63) is 108 Å². The van der Waals surface area contributed by atoms with E-state index in [0.29, 0.717) is 5.76 Å². The van der Waals surface area contributed by atoms with Gasteiger partial charge in [0.15, 0.2) is 5.76 Å². The first-order valence-electron chi connectivity index (χ1n) is 9.91. The molecule has 4 aromatic rings. The zero-order chi connectivity index (χ0) is 20.9. The maximum Gasteiger partial charge on any atom is 0.287 e. The van der Waals surface area contributed by atoms with Crippen LogP contribution in [0.3, 0.4) is 0 Å². The molecule has 0 aliphatic carbocycles. The van der Waals surface area contributed by atoms with E-state index in [1.165, 1.54) is 0 Å². The van der Waals surface area contributed by atoms with Crippen molar-refractivity contribution >= 4 is 5.91 Å². The normalized spacial score (nSPS) is 11.8. The van der Waals surface area contributed by atoms with Crippen LogP contribution >= 0.6 is 0 Å². The van der Waals surface area contributed by atoms with Gasteiger partial charge in [-0.3, -0.25) is 4.79 Å². The van der Waals surface area contributed by atoms with Crippen LogP contribution in [0.5, 0.6) is 5.75 Å². The van der Waals surface area contributed by atoms with Crippen molar-refractivity contribution in [3.63, 3.8) is 0 Å². The van der Waals surface area contributed by atoms with Crippen molar-refractivity contribution in [2.45, 2.75) is 26.5 Å². The van der Waals surface area contributed by atoms with Crippen molar-refractivity contribution in [3.8, 4) is 11.4 Å². The summed E-state index contributed by atoms with van der Waals surface area (Å²) >= 11 is 0. The molecule has 1 unspecified atom stereocenters. The molecular formula is C25H24N2O3. The van der Waals surface area contributed by atoms with Crippen LogP contribution in [0.25, 0.3) is 5.69 Å². The fourth-order valence-corrected chi connectivity index (χ4v) is 3.25. The fraction of sp³-hybridized carbons (Fsp3) is 0.160. The van der Waals surface area contributed by atoms with Crippen molar-refractivity contribution in [2.75, 3.05) is 0 Å². The number of nitrogens with zero attached hydrogens (tertiary/aromatic N) is 1. The molecule has 1 amide bonds. The first-order valence-corrected chi connectivity index (χ1v) is 9.91. The lowest BCUT2D eigenvalue weighted by Gasteiger charge is -2.15. The van der Waals surface area contributed by atoms with Crippen molar-refractivity contribution in [1.82, 2.24) is 9.88 Å². The van der Waals surface area contributed by atoms with Gasteiger partial charge in [-0.1, -0.05) is 24.3 Å². The molecule has 0 aliphatic heterocycles. The molecule has 152 valence electrons. The Bertz CT molecular complexity index is 1130. The summed E-state index contributed by atoms with van der Waals surface area (Å²) in [6, 6.07) is 23.1. The highest BCUT2D eigenvalue weighted by molar-refractivity contribution is 5.91. The lowest BCUT2D eigenvalue weighted by Crippen LogP contribution is -2.26. The van der Waals surface area contributed by atoms with Gasteiger partial charge in [-0.15, -0.1) is 0 Å². The first-order chi connectivity index (χ1) is 14.6. The van der Waals surface area contributed by atoms with Crippen LogP contribution in [0, 0.1) is 6.92 Å². The summed E-state index contributed by atoms with van der Waals surface area (Å²) in [5.41, 5.74) is 3.19. The largest absolute Gasteiger partial charge is 0.486 e. The van der Waals surface area contributed by atoms with Gasteiger partial charge in [-0.2, -0.15) is 0 Å². The molecule has 1 atom stereocenters. The summed E-state index contributed by atoms with van der Waals surface area (Å²) in [6.45, 7) is 4.24. The van der Waals surface area contributed by atoms with Crippen LogP contribution in [0.4, 0.5) is 0 Å². The topological polar surface area (TPSA) is 56.4 Å².